The van der Waals surface area contributed by atoms with Crippen molar-refractivity contribution in [1.82, 2.24) is 9.38 Å². The van der Waals surface area contributed by atoms with Gasteiger partial charge < -0.3 is 9.84 Å². The maximum Gasteiger partial charge on any atom is 0.193 e. The van der Waals surface area contributed by atoms with Crippen LogP contribution in [0.5, 0.6) is 5.75 Å². The third-order valence-electron chi connectivity index (χ3n) is 2.73. The summed E-state index contributed by atoms with van der Waals surface area (Å²) in [5.41, 5.74) is 0.893. The molecule has 18 heavy (non-hydrogen) atoms. The number of hydrogen-bond acceptors (Lipinski definition) is 5. The van der Waals surface area contributed by atoms with Crippen LogP contribution in [0.15, 0.2) is 29.2 Å². The van der Waals surface area contributed by atoms with E-state index in [9.17, 15) is 5.11 Å². The Morgan fingerprint density at radius 3 is 3.11 bits per heavy atom. The third kappa shape index (κ3) is 2.03. The van der Waals surface area contributed by atoms with Crippen LogP contribution in [0.3, 0.4) is 0 Å². The minimum atomic E-state index is -0.565. The molecule has 1 atom stereocenters. The van der Waals surface area contributed by atoms with E-state index in [1.54, 1.807) is 18.4 Å². The summed E-state index contributed by atoms with van der Waals surface area (Å²) in [6, 6.07) is 1.87. The molecule has 0 fully saturated rings. The Balaban J connectivity index is 1.82. The van der Waals surface area contributed by atoms with Crippen molar-refractivity contribution in [2.75, 3.05) is 7.11 Å². The highest BCUT2D eigenvalue weighted by Gasteiger charge is 2.17. The van der Waals surface area contributed by atoms with Gasteiger partial charge in [0.2, 0.25) is 0 Å². The molecule has 6 heteroatoms. The number of hydrogen-bond donors (Lipinski definition) is 1. The molecule has 3 aromatic heterocycles. The first-order chi connectivity index (χ1) is 8.78. The van der Waals surface area contributed by atoms with Gasteiger partial charge in [-0.1, -0.05) is 0 Å². The van der Waals surface area contributed by atoms with Gasteiger partial charge in [0, 0.05) is 24.2 Å². The smallest absolute Gasteiger partial charge is 0.193 e. The molecule has 0 spiro atoms. The van der Waals surface area contributed by atoms with Gasteiger partial charge in [0.25, 0.3) is 0 Å². The van der Waals surface area contributed by atoms with E-state index in [4.69, 9.17) is 4.74 Å². The SMILES string of the molecule is COc1ccsc1C(O)Cc1cn2ccsc2n1. The summed E-state index contributed by atoms with van der Waals surface area (Å²) in [4.78, 5) is 6.27. The number of ether oxygens (including phenoxy) is 1. The lowest BCUT2D eigenvalue weighted by Gasteiger charge is -2.08. The average molecular weight is 280 g/mol. The molecule has 0 aromatic carbocycles. The van der Waals surface area contributed by atoms with Crippen LogP contribution in [-0.4, -0.2) is 21.6 Å². The van der Waals surface area contributed by atoms with Gasteiger partial charge in [0.05, 0.1) is 23.8 Å². The highest BCUT2D eigenvalue weighted by molar-refractivity contribution is 7.15. The molecule has 0 radical (unpaired) electrons. The van der Waals surface area contributed by atoms with Crippen molar-refractivity contribution in [1.29, 1.82) is 0 Å². The summed E-state index contributed by atoms with van der Waals surface area (Å²) < 4.78 is 7.19. The normalized spacial score (nSPS) is 13.0. The highest BCUT2D eigenvalue weighted by atomic mass is 32.1. The fourth-order valence-corrected chi connectivity index (χ4v) is 3.45. The van der Waals surface area contributed by atoms with Gasteiger partial charge in [-0.15, -0.1) is 22.7 Å². The first-order valence-electron chi connectivity index (χ1n) is 5.48. The van der Waals surface area contributed by atoms with Crippen LogP contribution in [0, 0.1) is 0 Å². The van der Waals surface area contributed by atoms with Gasteiger partial charge in [-0.3, -0.25) is 4.40 Å². The van der Waals surface area contributed by atoms with Crippen molar-refractivity contribution < 1.29 is 9.84 Å². The minimum Gasteiger partial charge on any atom is -0.495 e. The molecule has 3 heterocycles. The number of aromatic nitrogens is 2. The van der Waals surface area contributed by atoms with E-state index in [0.717, 1.165) is 21.3 Å². The van der Waals surface area contributed by atoms with E-state index in [2.05, 4.69) is 4.98 Å². The van der Waals surface area contributed by atoms with E-state index < -0.39 is 6.10 Å². The van der Waals surface area contributed by atoms with Crippen LogP contribution in [0.1, 0.15) is 16.7 Å². The second-order valence-electron chi connectivity index (χ2n) is 3.90. The van der Waals surface area contributed by atoms with Crippen LogP contribution >= 0.6 is 22.7 Å². The van der Waals surface area contributed by atoms with Gasteiger partial charge in [0.15, 0.2) is 4.96 Å². The Morgan fingerprint density at radius 1 is 1.44 bits per heavy atom. The summed E-state index contributed by atoms with van der Waals surface area (Å²) in [6.07, 6.45) is 3.86. The van der Waals surface area contributed by atoms with Crippen molar-refractivity contribution >= 4 is 27.6 Å². The maximum atomic E-state index is 10.2. The lowest BCUT2D eigenvalue weighted by molar-refractivity contribution is 0.177. The predicted molar refractivity (Wildman–Crippen MR) is 72.6 cm³/mol. The largest absolute Gasteiger partial charge is 0.495 e. The number of methoxy groups -OCH3 is 1. The summed E-state index contributed by atoms with van der Waals surface area (Å²) in [5, 5.41) is 14.1. The molecule has 0 saturated carbocycles. The Kier molecular flexibility index (Phi) is 3.07. The van der Waals surface area contributed by atoms with E-state index in [-0.39, 0.29) is 0 Å². The van der Waals surface area contributed by atoms with Crippen LogP contribution in [0.25, 0.3) is 4.96 Å². The van der Waals surface area contributed by atoms with Gasteiger partial charge in [0.1, 0.15) is 5.75 Å². The number of fused-ring (bicyclic) bond motifs is 1. The molecular weight excluding hydrogens is 268 g/mol. The molecule has 0 saturated heterocycles. The Hall–Kier alpha value is -1.37. The monoisotopic (exact) mass is 280 g/mol. The predicted octanol–water partition coefficient (Wildman–Crippen LogP) is 2.74. The fraction of sp³-hybridized carbons (Fsp3) is 0.250. The molecule has 94 valence electrons. The lowest BCUT2D eigenvalue weighted by Crippen LogP contribution is -2.01. The zero-order valence-electron chi connectivity index (χ0n) is 9.74. The Labute approximate surface area is 112 Å². The van der Waals surface area contributed by atoms with Crippen LogP contribution in [-0.2, 0) is 6.42 Å². The summed E-state index contributed by atoms with van der Waals surface area (Å²) in [7, 11) is 1.62. The molecule has 1 N–H and O–H groups in total. The van der Waals surface area contributed by atoms with E-state index >= 15 is 0 Å². The number of rotatable bonds is 4. The Bertz CT molecular complexity index is 627. The number of imidazole rings is 1. The van der Waals surface area contributed by atoms with Crippen molar-refractivity contribution in [3.8, 4) is 5.75 Å². The van der Waals surface area contributed by atoms with Crippen LogP contribution in [0.4, 0.5) is 0 Å². The number of thiazole rings is 1. The molecule has 3 aromatic rings. The number of aliphatic hydroxyl groups excluding tert-OH is 1. The van der Waals surface area contributed by atoms with E-state index in [1.165, 1.54) is 11.3 Å². The average Bonchev–Trinajstić information content (AvgIpc) is 3.02. The van der Waals surface area contributed by atoms with Crippen molar-refractivity contribution in [2.24, 2.45) is 0 Å². The molecule has 0 aliphatic heterocycles. The van der Waals surface area contributed by atoms with Gasteiger partial charge in [-0.2, -0.15) is 0 Å². The quantitative estimate of drug-likeness (QED) is 0.799. The molecule has 4 nitrogen and oxygen atoms in total. The highest BCUT2D eigenvalue weighted by Crippen LogP contribution is 2.32. The second-order valence-corrected chi connectivity index (χ2v) is 5.72. The summed E-state index contributed by atoms with van der Waals surface area (Å²) in [6.45, 7) is 0. The first-order valence-corrected chi connectivity index (χ1v) is 7.24. The van der Waals surface area contributed by atoms with Crippen molar-refractivity contribution in [2.45, 2.75) is 12.5 Å². The first kappa shape index (κ1) is 11.7. The van der Waals surface area contributed by atoms with Gasteiger partial charge in [-0.05, 0) is 11.4 Å². The van der Waals surface area contributed by atoms with Crippen molar-refractivity contribution in [3.63, 3.8) is 0 Å². The number of nitrogens with zero attached hydrogens (tertiary/aromatic N) is 2. The molecule has 0 aliphatic rings. The van der Waals surface area contributed by atoms with Crippen molar-refractivity contribution in [3.05, 3.63) is 39.8 Å². The summed E-state index contributed by atoms with van der Waals surface area (Å²) in [5.74, 6) is 0.744. The third-order valence-corrected chi connectivity index (χ3v) is 4.50. The second kappa shape index (κ2) is 4.72. The summed E-state index contributed by atoms with van der Waals surface area (Å²) >= 11 is 3.09. The fourth-order valence-electron chi connectivity index (χ4n) is 1.89. The minimum absolute atomic E-state index is 0.505. The molecule has 3 rings (SSSR count). The molecular formula is C12H12N2O2S2. The van der Waals surface area contributed by atoms with E-state index in [0.29, 0.717) is 6.42 Å². The standard InChI is InChI=1S/C12H12N2O2S2/c1-16-10-2-4-17-11(10)9(15)6-8-7-14-3-5-18-12(14)13-8/h2-5,7,9,15H,6H2,1H3. The zero-order valence-corrected chi connectivity index (χ0v) is 11.4. The van der Waals surface area contributed by atoms with Gasteiger partial charge >= 0.3 is 0 Å². The molecule has 0 amide bonds. The van der Waals surface area contributed by atoms with Crippen LogP contribution in [0.2, 0.25) is 0 Å². The van der Waals surface area contributed by atoms with Gasteiger partial charge in [-0.25, -0.2) is 4.98 Å². The molecule has 1 unspecified atom stereocenters. The number of thiophene rings is 1. The molecule has 0 aliphatic carbocycles. The number of aliphatic hydroxyl groups is 1. The zero-order chi connectivity index (χ0) is 12.5. The lowest BCUT2D eigenvalue weighted by atomic mass is 10.1. The van der Waals surface area contributed by atoms with E-state index in [1.807, 2.05) is 33.6 Å². The Morgan fingerprint density at radius 2 is 2.33 bits per heavy atom. The van der Waals surface area contributed by atoms with Crippen LogP contribution < -0.4 is 4.74 Å². The molecule has 0 bridgehead atoms. The topological polar surface area (TPSA) is 46.8 Å². The maximum absolute atomic E-state index is 10.2.